The maximum atomic E-state index is 6.24. The molecule has 3 rings (SSSR count). The number of anilines is 1. The van der Waals surface area contributed by atoms with Crippen molar-refractivity contribution in [3.63, 3.8) is 0 Å². The molecule has 0 spiro atoms. The van der Waals surface area contributed by atoms with E-state index in [1.807, 2.05) is 14.0 Å². The Labute approximate surface area is 119 Å². The quantitative estimate of drug-likeness (QED) is 0.933. The zero-order valence-corrected chi connectivity index (χ0v) is 12.5. The van der Waals surface area contributed by atoms with Crippen LogP contribution in [0.25, 0.3) is 11.1 Å². The molecule has 0 saturated heterocycles. The Balaban J connectivity index is 2.14. The fraction of sp³-hybridized carbons (Fsp3) is 0.438. The van der Waals surface area contributed by atoms with Gasteiger partial charge in [-0.25, -0.2) is 0 Å². The molecule has 4 nitrogen and oxygen atoms in total. The summed E-state index contributed by atoms with van der Waals surface area (Å²) in [5.74, 6) is 2.86. The van der Waals surface area contributed by atoms with Crippen molar-refractivity contribution in [1.82, 2.24) is 9.78 Å². The molecule has 1 aromatic heterocycles. The predicted molar refractivity (Wildman–Crippen MR) is 80.9 cm³/mol. The van der Waals surface area contributed by atoms with Gasteiger partial charge >= 0.3 is 0 Å². The van der Waals surface area contributed by atoms with Gasteiger partial charge in [-0.1, -0.05) is 19.1 Å². The van der Waals surface area contributed by atoms with E-state index in [1.54, 1.807) is 11.8 Å². The number of nitrogen functional groups attached to an aromatic ring is 1. The average Bonchev–Trinajstić information content (AvgIpc) is 3.08. The lowest BCUT2D eigenvalue weighted by Gasteiger charge is -2.09. The molecule has 2 unspecified atom stereocenters. The number of hydrogen-bond donors (Lipinski definition) is 1. The van der Waals surface area contributed by atoms with Gasteiger partial charge in [0.15, 0.2) is 0 Å². The standard InChI is InChI=1S/C16H21N3O/c1-9-5-6-11(8-13(9)20-4)14-15(12-7-10(12)2)18-19(3)16(14)17/h5-6,8,10,12H,7,17H2,1-4H3. The average molecular weight is 271 g/mol. The number of aromatic nitrogens is 2. The molecule has 1 fully saturated rings. The lowest BCUT2D eigenvalue weighted by atomic mass is 10.0. The van der Waals surface area contributed by atoms with E-state index in [2.05, 4.69) is 30.2 Å². The predicted octanol–water partition coefficient (Wildman–Crippen LogP) is 3.11. The highest BCUT2D eigenvalue weighted by Crippen LogP contribution is 2.50. The van der Waals surface area contributed by atoms with Crippen LogP contribution in [0.15, 0.2) is 18.2 Å². The van der Waals surface area contributed by atoms with Crippen LogP contribution in [0, 0.1) is 12.8 Å². The fourth-order valence-electron chi connectivity index (χ4n) is 2.79. The molecule has 0 radical (unpaired) electrons. The van der Waals surface area contributed by atoms with E-state index in [-0.39, 0.29) is 0 Å². The van der Waals surface area contributed by atoms with E-state index in [1.165, 1.54) is 6.42 Å². The van der Waals surface area contributed by atoms with E-state index in [0.29, 0.717) is 11.8 Å². The zero-order chi connectivity index (χ0) is 14.4. The number of nitrogens with two attached hydrogens (primary N) is 1. The first kappa shape index (κ1) is 13.0. The number of benzene rings is 1. The minimum absolute atomic E-state index is 0.542. The minimum atomic E-state index is 0.542. The van der Waals surface area contributed by atoms with Crippen LogP contribution >= 0.6 is 0 Å². The van der Waals surface area contributed by atoms with Crippen LogP contribution in [0.5, 0.6) is 5.75 Å². The normalized spacial score (nSPS) is 21.0. The maximum Gasteiger partial charge on any atom is 0.129 e. The summed E-state index contributed by atoms with van der Waals surface area (Å²) in [6.45, 7) is 4.30. The van der Waals surface area contributed by atoms with Crippen LogP contribution in [0.2, 0.25) is 0 Å². The summed E-state index contributed by atoms with van der Waals surface area (Å²) < 4.78 is 7.20. The lowest BCUT2D eigenvalue weighted by molar-refractivity contribution is 0.412. The van der Waals surface area contributed by atoms with E-state index in [0.717, 1.165) is 34.0 Å². The molecule has 1 aliphatic carbocycles. The summed E-state index contributed by atoms with van der Waals surface area (Å²) >= 11 is 0. The van der Waals surface area contributed by atoms with Crippen LogP contribution in [-0.2, 0) is 7.05 Å². The Morgan fingerprint density at radius 2 is 2.10 bits per heavy atom. The number of hydrogen-bond acceptors (Lipinski definition) is 3. The van der Waals surface area contributed by atoms with Gasteiger partial charge in [-0.15, -0.1) is 0 Å². The molecule has 0 aliphatic heterocycles. The monoisotopic (exact) mass is 271 g/mol. The summed E-state index contributed by atoms with van der Waals surface area (Å²) in [5.41, 5.74) is 10.6. The van der Waals surface area contributed by atoms with Crippen molar-refractivity contribution >= 4 is 5.82 Å². The Morgan fingerprint density at radius 3 is 2.70 bits per heavy atom. The van der Waals surface area contributed by atoms with Gasteiger partial charge in [0.1, 0.15) is 11.6 Å². The minimum Gasteiger partial charge on any atom is -0.496 e. The molecule has 2 aromatic rings. The number of methoxy groups -OCH3 is 1. The Kier molecular flexibility index (Phi) is 2.96. The van der Waals surface area contributed by atoms with Crippen molar-refractivity contribution < 1.29 is 4.74 Å². The largest absolute Gasteiger partial charge is 0.496 e. The van der Waals surface area contributed by atoms with Crippen LogP contribution in [-0.4, -0.2) is 16.9 Å². The molecular formula is C16H21N3O. The first-order chi connectivity index (χ1) is 9.52. The summed E-state index contributed by atoms with van der Waals surface area (Å²) in [7, 11) is 3.60. The molecule has 0 amide bonds. The molecule has 2 atom stereocenters. The smallest absolute Gasteiger partial charge is 0.129 e. The zero-order valence-electron chi connectivity index (χ0n) is 12.5. The molecule has 106 valence electrons. The Morgan fingerprint density at radius 1 is 1.40 bits per heavy atom. The van der Waals surface area contributed by atoms with Gasteiger partial charge in [-0.3, -0.25) is 4.68 Å². The second-order valence-corrected chi connectivity index (χ2v) is 5.77. The van der Waals surface area contributed by atoms with Gasteiger partial charge in [-0.2, -0.15) is 5.10 Å². The van der Waals surface area contributed by atoms with Crippen LogP contribution < -0.4 is 10.5 Å². The van der Waals surface area contributed by atoms with Crippen molar-refractivity contribution in [3.05, 3.63) is 29.5 Å². The van der Waals surface area contributed by atoms with Gasteiger partial charge in [0.05, 0.1) is 12.8 Å². The third kappa shape index (κ3) is 1.96. The highest BCUT2D eigenvalue weighted by Gasteiger charge is 2.39. The second-order valence-electron chi connectivity index (χ2n) is 5.77. The van der Waals surface area contributed by atoms with Crippen LogP contribution in [0.3, 0.4) is 0 Å². The molecule has 1 aliphatic rings. The van der Waals surface area contributed by atoms with Crippen molar-refractivity contribution in [2.45, 2.75) is 26.2 Å². The Bertz CT molecular complexity index is 660. The SMILES string of the molecule is COc1cc(-c2c(C3CC3C)nn(C)c2N)ccc1C. The van der Waals surface area contributed by atoms with Gasteiger partial charge in [-0.05, 0) is 36.5 Å². The summed E-state index contributed by atoms with van der Waals surface area (Å²) in [4.78, 5) is 0. The summed E-state index contributed by atoms with van der Waals surface area (Å²) in [6, 6.07) is 6.22. The van der Waals surface area contributed by atoms with Gasteiger partial charge in [0.25, 0.3) is 0 Å². The first-order valence-corrected chi connectivity index (χ1v) is 7.00. The van der Waals surface area contributed by atoms with Crippen LogP contribution in [0.1, 0.15) is 30.5 Å². The van der Waals surface area contributed by atoms with E-state index in [4.69, 9.17) is 10.5 Å². The first-order valence-electron chi connectivity index (χ1n) is 7.00. The maximum absolute atomic E-state index is 6.24. The molecular weight excluding hydrogens is 250 g/mol. The Hall–Kier alpha value is -1.97. The highest BCUT2D eigenvalue weighted by atomic mass is 16.5. The van der Waals surface area contributed by atoms with E-state index >= 15 is 0 Å². The lowest BCUT2D eigenvalue weighted by Crippen LogP contribution is -1.98. The third-order valence-corrected chi connectivity index (χ3v) is 4.28. The van der Waals surface area contributed by atoms with E-state index in [9.17, 15) is 0 Å². The molecule has 1 saturated carbocycles. The summed E-state index contributed by atoms with van der Waals surface area (Å²) in [5, 5.41) is 4.63. The summed E-state index contributed by atoms with van der Waals surface area (Å²) in [6.07, 6.45) is 1.20. The van der Waals surface area contributed by atoms with E-state index < -0.39 is 0 Å². The number of aryl methyl sites for hydroxylation is 2. The topological polar surface area (TPSA) is 53.1 Å². The fourth-order valence-corrected chi connectivity index (χ4v) is 2.79. The van der Waals surface area contributed by atoms with Gasteiger partial charge < -0.3 is 10.5 Å². The number of nitrogens with zero attached hydrogens (tertiary/aromatic N) is 2. The third-order valence-electron chi connectivity index (χ3n) is 4.28. The number of rotatable bonds is 3. The molecule has 1 heterocycles. The van der Waals surface area contributed by atoms with Crippen molar-refractivity contribution in [2.75, 3.05) is 12.8 Å². The van der Waals surface area contributed by atoms with Crippen molar-refractivity contribution in [3.8, 4) is 16.9 Å². The molecule has 4 heteroatoms. The van der Waals surface area contributed by atoms with Crippen LogP contribution in [0.4, 0.5) is 5.82 Å². The van der Waals surface area contributed by atoms with Gasteiger partial charge in [0, 0.05) is 18.5 Å². The van der Waals surface area contributed by atoms with Crippen molar-refractivity contribution in [1.29, 1.82) is 0 Å². The second kappa shape index (κ2) is 4.54. The highest BCUT2D eigenvalue weighted by molar-refractivity contribution is 5.78. The van der Waals surface area contributed by atoms with Crippen molar-refractivity contribution in [2.24, 2.45) is 13.0 Å². The molecule has 20 heavy (non-hydrogen) atoms. The molecule has 1 aromatic carbocycles. The molecule has 2 N–H and O–H groups in total. The number of ether oxygens (including phenoxy) is 1. The van der Waals surface area contributed by atoms with Gasteiger partial charge in [0.2, 0.25) is 0 Å². The molecule has 0 bridgehead atoms.